The highest BCUT2D eigenvalue weighted by Crippen LogP contribution is 1.94. The average molecular weight is 137 g/mol. The summed E-state index contributed by atoms with van der Waals surface area (Å²) in [6, 6.07) is 0. The first-order valence-corrected chi connectivity index (χ1v) is 3.40. The van der Waals surface area contributed by atoms with Crippen molar-refractivity contribution in [3.63, 3.8) is 0 Å². The zero-order valence-electron chi connectivity index (χ0n) is 7.15. The fourth-order valence-corrected chi connectivity index (χ4v) is 0.664. The van der Waals surface area contributed by atoms with Gasteiger partial charge in [0.1, 0.15) is 0 Å². The van der Waals surface area contributed by atoms with E-state index in [1.165, 1.54) is 11.1 Å². The van der Waals surface area contributed by atoms with Crippen molar-refractivity contribution >= 4 is 5.71 Å². The normalized spacial score (nSPS) is 8.40. The summed E-state index contributed by atoms with van der Waals surface area (Å²) in [4.78, 5) is 0. The summed E-state index contributed by atoms with van der Waals surface area (Å²) >= 11 is 0. The van der Waals surface area contributed by atoms with Crippen LogP contribution in [0.5, 0.6) is 0 Å². The van der Waals surface area contributed by atoms with Crippen LogP contribution < -0.4 is 0 Å². The van der Waals surface area contributed by atoms with Crippen molar-refractivity contribution in [2.45, 2.75) is 27.7 Å². The SMILES string of the molecule is CC(C)=CC(=N)C=C(C)C. The summed E-state index contributed by atoms with van der Waals surface area (Å²) < 4.78 is 0. The van der Waals surface area contributed by atoms with Gasteiger partial charge in [0, 0.05) is 0 Å². The Balaban J connectivity index is 4.14. The van der Waals surface area contributed by atoms with Crippen molar-refractivity contribution < 1.29 is 0 Å². The maximum absolute atomic E-state index is 7.40. The van der Waals surface area contributed by atoms with E-state index in [0.29, 0.717) is 5.71 Å². The van der Waals surface area contributed by atoms with E-state index in [0.717, 1.165) is 0 Å². The van der Waals surface area contributed by atoms with Crippen LogP contribution >= 0.6 is 0 Å². The highest BCUT2D eigenvalue weighted by atomic mass is 14.4. The van der Waals surface area contributed by atoms with Gasteiger partial charge in [0.05, 0.1) is 5.71 Å². The van der Waals surface area contributed by atoms with Crippen molar-refractivity contribution in [3.05, 3.63) is 23.3 Å². The topological polar surface area (TPSA) is 23.9 Å². The Morgan fingerprint density at radius 3 is 1.40 bits per heavy atom. The maximum atomic E-state index is 7.40. The van der Waals surface area contributed by atoms with Crippen LogP contribution in [0.15, 0.2) is 23.3 Å². The van der Waals surface area contributed by atoms with Crippen molar-refractivity contribution in [1.82, 2.24) is 0 Å². The molecule has 0 amide bonds. The molecule has 0 aromatic carbocycles. The molecular weight excluding hydrogens is 122 g/mol. The molecule has 0 aromatic heterocycles. The van der Waals surface area contributed by atoms with Crippen molar-refractivity contribution in [1.29, 1.82) is 5.41 Å². The van der Waals surface area contributed by atoms with E-state index in [-0.39, 0.29) is 0 Å². The molecule has 0 unspecified atom stereocenters. The van der Waals surface area contributed by atoms with Crippen molar-refractivity contribution in [3.8, 4) is 0 Å². The van der Waals surface area contributed by atoms with Crippen LogP contribution in [0.4, 0.5) is 0 Å². The number of nitrogens with one attached hydrogen (secondary N) is 1. The Bertz CT molecular complexity index is 157. The molecule has 0 heterocycles. The van der Waals surface area contributed by atoms with E-state index in [4.69, 9.17) is 5.41 Å². The Kier molecular flexibility index (Phi) is 3.70. The second kappa shape index (κ2) is 4.04. The third kappa shape index (κ3) is 5.29. The van der Waals surface area contributed by atoms with Crippen molar-refractivity contribution in [2.75, 3.05) is 0 Å². The Labute approximate surface area is 63.0 Å². The Morgan fingerprint density at radius 1 is 0.900 bits per heavy atom. The van der Waals surface area contributed by atoms with Gasteiger partial charge in [-0.1, -0.05) is 11.1 Å². The summed E-state index contributed by atoms with van der Waals surface area (Å²) in [6.45, 7) is 7.97. The number of hydrogen-bond acceptors (Lipinski definition) is 1. The molecule has 1 N–H and O–H groups in total. The summed E-state index contributed by atoms with van der Waals surface area (Å²) in [5.74, 6) is 0. The van der Waals surface area contributed by atoms with E-state index < -0.39 is 0 Å². The molecular formula is C9H15N. The van der Waals surface area contributed by atoms with Gasteiger partial charge in [-0.25, -0.2) is 0 Å². The van der Waals surface area contributed by atoms with Crippen LogP contribution in [0.3, 0.4) is 0 Å². The molecule has 0 rings (SSSR count). The first-order chi connectivity index (χ1) is 4.52. The summed E-state index contributed by atoms with van der Waals surface area (Å²) in [5.41, 5.74) is 2.92. The first-order valence-electron chi connectivity index (χ1n) is 3.40. The lowest BCUT2D eigenvalue weighted by molar-refractivity contribution is 1.37. The molecule has 0 fully saturated rings. The highest BCUT2D eigenvalue weighted by Gasteiger charge is 1.84. The lowest BCUT2D eigenvalue weighted by atomic mass is 10.2. The van der Waals surface area contributed by atoms with Crippen molar-refractivity contribution in [2.24, 2.45) is 0 Å². The quantitative estimate of drug-likeness (QED) is 0.566. The van der Waals surface area contributed by atoms with Gasteiger partial charge in [-0.05, 0) is 39.8 Å². The van der Waals surface area contributed by atoms with Gasteiger partial charge in [-0.3, -0.25) is 0 Å². The van der Waals surface area contributed by atoms with Crippen LogP contribution in [0.25, 0.3) is 0 Å². The lowest BCUT2D eigenvalue weighted by Gasteiger charge is -1.91. The summed E-state index contributed by atoms with van der Waals surface area (Å²) in [7, 11) is 0. The second-order valence-electron chi connectivity index (χ2n) is 2.90. The fourth-order valence-electron chi connectivity index (χ4n) is 0.664. The van der Waals surface area contributed by atoms with Gasteiger partial charge in [-0.15, -0.1) is 0 Å². The predicted molar refractivity (Wildman–Crippen MR) is 46.6 cm³/mol. The lowest BCUT2D eigenvalue weighted by Crippen LogP contribution is -1.85. The minimum Gasteiger partial charge on any atom is -0.301 e. The molecule has 0 saturated carbocycles. The van der Waals surface area contributed by atoms with Gasteiger partial charge in [0.25, 0.3) is 0 Å². The molecule has 10 heavy (non-hydrogen) atoms. The average Bonchev–Trinajstić information content (AvgIpc) is 1.58. The van der Waals surface area contributed by atoms with Gasteiger partial charge < -0.3 is 5.41 Å². The van der Waals surface area contributed by atoms with E-state index in [2.05, 4.69) is 0 Å². The van der Waals surface area contributed by atoms with Gasteiger partial charge in [0.2, 0.25) is 0 Å². The molecule has 0 radical (unpaired) electrons. The monoisotopic (exact) mass is 137 g/mol. The van der Waals surface area contributed by atoms with E-state index in [1.807, 2.05) is 39.8 Å². The molecule has 0 saturated heterocycles. The van der Waals surface area contributed by atoms with Gasteiger partial charge >= 0.3 is 0 Å². The standard InChI is InChI=1S/C9H15N/c1-7(2)5-9(10)6-8(3)4/h5-6,10H,1-4H3. The number of hydrogen-bond donors (Lipinski definition) is 1. The van der Waals surface area contributed by atoms with Gasteiger partial charge in [0.15, 0.2) is 0 Å². The first kappa shape index (κ1) is 9.15. The molecule has 0 bridgehead atoms. The number of rotatable bonds is 2. The molecule has 56 valence electrons. The third-order valence-corrected chi connectivity index (χ3v) is 0.888. The molecule has 0 aliphatic rings. The van der Waals surface area contributed by atoms with Crippen LogP contribution in [-0.2, 0) is 0 Å². The van der Waals surface area contributed by atoms with E-state index in [1.54, 1.807) is 0 Å². The minimum atomic E-state index is 0.583. The third-order valence-electron chi connectivity index (χ3n) is 0.888. The number of allylic oxidation sites excluding steroid dienone is 4. The predicted octanol–water partition coefficient (Wildman–Crippen LogP) is 2.94. The molecule has 0 atom stereocenters. The van der Waals surface area contributed by atoms with E-state index in [9.17, 15) is 0 Å². The largest absolute Gasteiger partial charge is 0.301 e. The fraction of sp³-hybridized carbons (Fsp3) is 0.444. The summed E-state index contributed by atoms with van der Waals surface area (Å²) in [5, 5.41) is 7.40. The molecule has 0 aliphatic heterocycles. The zero-order chi connectivity index (χ0) is 8.15. The van der Waals surface area contributed by atoms with Crippen LogP contribution in [0, 0.1) is 5.41 Å². The summed E-state index contributed by atoms with van der Waals surface area (Å²) in [6.07, 6.45) is 3.71. The Morgan fingerprint density at radius 2 is 1.20 bits per heavy atom. The molecule has 0 aromatic rings. The highest BCUT2D eigenvalue weighted by molar-refractivity contribution is 6.02. The molecule has 1 nitrogen and oxygen atoms in total. The van der Waals surface area contributed by atoms with E-state index >= 15 is 0 Å². The second-order valence-corrected chi connectivity index (χ2v) is 2.90. The zero-order valence-corrected chi connectivity index (χ0v) is 7.15. The molecule has 0 aliphatic carbocycles. The van der Waals surface area contributed by atoms with Gasteiger partial charge in [-0.2, -0.15) is 0 Å². The maximum Gasteiger partial charge on any atom is 0.0538 e. The smallest absolute Gasteiger partial charge is 0.0538 e. The van der Waals surface area contributed by atoms with Crippen LogP contribution in [0.1, 0.15) is 27.7 Å². The van der Waals surface area contributed by atoms with Crippen LogP contribution in [-0.4, -0.2) is 5.71 Å². The molecule has 1 heteroatoms. The Hall–Kier alpha value is -0.850. The van der Waals surface area contributed by atoms with Crippen LogP contribution in [0.2, 0.25) is 0 Å². The minimum absolute atomic E-state index is 0.583. The molecule has 0 spiro atoms.